The van der Waals surface area contributed by atoms with Crippen LogP contribution in [0.5, 0.6) is 0 Å². The van der Waals surface area contributed by atoms with Crippen molar-refractivity contribution < 1.29 is 0 Å². The number of benzene rings is 1. The molecule has 1 aliphatic heterocycles. The Morgan fingerprint density at radius 3 is 2.46 bits per heavy atom. The van der Waals surface area contributed by atoms with E-state index in [0.29, 0.717) is 17.2 Å². The van der Waals surface area contributed by atoms with Crippen LogP contribution in [0.25, 0.3) is 10.9 Å². The summed E-state index contributed by atoms with van der Waals surface area (Å²) in [4.78, 5) is 27.5. The maximum atomic E-state index is 12.6. The van der Waals surface area contributed by atoms with Crippen molar-refractivity contribution in [1.82, 2.24) is 9.24 Å². The van der Waals surface area contributed by atoms with Crippen molar-refractivity contribution in [2.45, 2.75) is 45.7 Å². The van der Waals surface area contributed by atoms with Crippen molar-refractivity contribution in [3.8, 4) is 0 Å². The number of aromatic nitrogens is 2. The number of nitrogens with two attached hydrogens (primary N) is 2. The van der Waals surface area contributed by atoms with Crippen LogP contribution in [-0.4, -0.2) is 28.4 Å². The Bertz CT molecular complexity index is 986. The van der Waals surface area contributed by atoms with Gasteiger partial charge >= 0.3 is 5.69 Å². The van der Waals surface area contributed by atoms with Gasteiger partial charge in [0, 0.05) is 30.9 Å². The molecule has 1 saturated heterocycles. The first-order valence-corrected chi connectivity index (χ1v) is 9.37. The first kappa shape index (κ1) is 17.1. The molecule has 3 atom stereocenters. The summed E-state index contributed by atoms with van der Waals surface area (Å²) < 4.78 is 2.46. The highest BCUT2D eigenvalue weighted by atomic mass is 16.2. The second kappa shape index (κ2) is 5.87. The third-order valence-corrected chi connectivity index (χ3v) is 6.10. The van der Waals surface area contributed by atoms with Gasteiger partial charge in [0.2, 0.25) is 0 Å². The zero-order valence-electron chi connectivity index (χ0n) is 15.6. The monoisotopic (exact) mass is 357 g/mol. The first-order valence-electron chi connectivity index (χ1n) is 9.37. The minimum Gasteiger partial charge on any atom is -0.371 e. The van der Waals surface area contributed by atoms with Crippen LogP contribution in [0.1, 0.15) is 38.3 Å². The molecule has 4 N–H and O–H groups in total. The SMILES string of the molecule is Cc1c(N2C[C@H]([C@@H](C)N)[C@H](C)C2)ccc2c(=O)n(N)c(=O)n(C3CC3)c12. The van der Waals surface area contributed by atoms with Crippen molar-refractivity contribution in [3.05, 3.63) is 38.5 Å². The molecule has 0 spiro atoms. The molecule has 2 heterocycles. The molecule has 26 heavy (non-hydrogen) atoms. The molecular formula is C19H27N5O2. The highest BCUT2D eigenvalue weighted by molar-refractivity contribution is 5.87. The second-order valence-corrected chi connectivity index (χ2v) is 8.07. The molecular weight excluding hydrogens is 330 g/mol. The second-order valence-electron chi connectivity index (χ2n) is 8.07. The van der Waals surface area contributed by atoms with E-state index in [1.165, 1.54) is 0 Å². The Labute approximate surface area is 152 Å². The van der Waals surface area contributed by atoms with Gasteiger partial charge in [0.15, 0.2) is 0 Å². The van der Waals surface area contributed by atoms with Crippen LogP contribution in [0.4, 0.5) is 5.69 Å². The van der Waals surface area contributed by atoms with Crippen LogP contribution in [-0.2, 0) is 0 Å². The van der Waals surface area contributed by atoms with Crippen LogP contribution in [0.3, 0.4) is 0 Å². The van der Waals surface area contributed by atoms with E-state index >= 15 is 0 Å². The number of hydrogen-bond donors (Lipinski definition) is 2. The van der Waals surface area contributed by atoms with Gasteiger partial charge in [-0.15, -0.1) is 0 Å². The van der Waals surface area contributed by atoms with Gasteiger partial charge in [-0.2, -0.15) is 4.68 Å². The average Bonchev–Trinajstić information content (AvgIpc) is 3.35. The highest BCUT2D eigenvalue weighted by Crippen LogP contribution is 2.38. The van der Waals surface area contributed by atoms with Crippen molar-refractivity contribution in [3.63, 3.8) is 0 Å². The fourth-order valence-corrected chi connectivity index (χ4v) is 4.49. The van der Waals surface area contributed by atoms with Crippen LogP contribution in [0.2, 0.25) is 0 Å². The molecule has 1 aliphatic carbocycles. The molecule has 1 aromatic heterocycles. The largest absolute Gasteiger partial charge is 0.371 e. The van der Waals surface area contributed by atoms with Gasteiger partial charge in [-0.25, -0.2) is 4.79 Å². The van der Waals surface area contributed by atoms with Crippen LogP contribution in [0.15, 0.2) is 21.7 Å². The predicted octanol–water partition coefficient (Wildman–Crippen LogP) is 0.940. The summed E-state index contributed by atoms with van der Waals surface area (Å²) >= 11 is 0. The molecule has 0 bridgehead atoms. The normalized spacial score (nSPS) is 24.4. The standard InChI is InChI=1S/C19H27N5O2/c1-10-8-22(9-15(10)12(3)20)16-7-6-14-17(11(16)2)23(13-4-5-13)19(26)24(21)18(14)25/h6-7,10,12-13,15H,4-5,8-9,20-21H2,1-3H3/t10-,12-,15+/m1/s1. The summed E-state index contributed by atoms with van der Waals surface area (Å²) in [6.07, 6.45) is 1.90. The minimum atomic E-state index is -0.431. The summed E-state index contributed by atoms with van der Waals surface area (Å²) in [5, 5.41) is 0.510. The topological polar surface area (TPSA) is 99.3 Å². The van der Waals surface area contributed by atoms with Crippen molar-refractivity contribution in [2.75, 3.05) is 23.8 Å². The molecule has 0 amide bonds. The molecule has 7 heteroatoms. The number of anilines is 1. The Balaban J connectivity index is 1.91. The van der Waals surface area contributed by atoms with E-state index in [1.54, 1.807) is 4.57 Å². The van der Waals surface area contributed by atoms with Gasteiger partial charge in [0.25, 0.3) is 5.56 Å². The van der Waals surface area contributed by atoms with Gasteiger partial charge < -0.3 is 16.5 Å². The summed E-state index contributed by atoms with van der Waals surface area (Å²) in [6.45, 7) is 8.12. The number of aryl methyl sites for hydroxylation is 1. The van der Waals surface area contributed by atoms with Crippen LogP contribution >= 0.6 is 0 Å². The molecule has 2 fully saturated rings. The Morgan fingerprint density at radius 2 is 1.88 bits per heavy atom. The van der Waals surface area contributed by atoms with Gasteiger partial charge in [0.05, 0.1) is 10.9 Å². The van der Waals surface area contributed by atoms with E-state index in [-0.39, 0.29) is 12.1 Å². The Morgan fingerprint density at radius 1 is 1.19 bits per heavy atom. The predicted molar refractivity (Wildman–Crippen MR) is 104 cm³/mol. The first-order chi connectivity index (χ1) is 12.3. The number of nitrogens with zero attached hydrogens (tertiary/aromatic N) is 3. The van der Waals surface area contributed by atoms with Gasteiger partial charge in [-0.05, 0) is 56.2 Å². The van der Waals surface area contributed by atoms with E-state index in [9.17, 15) is 9.59 Å². The summed E-state index contributed by atoms with van der Waals surface area (Å²) in [5.74, 6) is 6.69. The van der Waals surface area contributed by atoms with Gasteiger partial charge in [-0.1, -0.05) is 6.92 Å². The van der Waals surface area contributed by atoms with E-state index in [0.717, 1.165) is 47.4 Å². The maximum absolute atomic E-state index is 12.6. The molecule has 2 aliphatic rings. The van der Waals surface area contributed by atoms with Crippen LogP contribution in [0, 0.1) is 18.8 Å². The van der Waals surface area contributed by atoms with Gasteiger partial charge in [0.1, 0.15) is 0 Å². The average molecular weight is 357 g/mol. The van der Waals surface area contributed by atoms with E-state index in [1.807, 2.05) is 19.1 Å². The molecule has 140 valence electrons. The highest BCUT2D eigenvalue weighted by Gasteiger charge is 2.34. The lowest BCUT2D eigenvalue weighted by molar-refractivity contribution is 0.390. The molecule has 7 nitrogen and oxygen atoms in total. The zero-order valence-corrected chi connectivity index (χ0v) is 15.6. The van der Waals surface area contributed by atoms with Crippen molar-refractivity contribution in [1.29, 1.82) is 0 Å². The van der Waals surface area contributed by atoms with Crippen LogP contribution < -0.4 is 27.7 Å². The molecule has 1 saturated carbocycles. The van der Waals surface area contributed by atoms with E-state index < -0.39 is 11.2 Å². The minimum absolute atomic E-state index is 0.142. The summed E-state index contributed by atoms with van der Waals surface area (Å²) in [5.41, 5.74) is 8.09. The third-order valence-electron chi connectivity index (χ3n) is 6.10. The smallest absolute Gasteiger partial charge is 0.350 e. The van der Waals surface area contributed by atoms with Crippen molar-refractivity contribution >= 4 is 16.6 Å². The van der Waals surface area contributed by atoms with Crippen molar-refractivity contribution in [2.24, 2.45) is 17.6 Å². The fraction of sp³-hybridized carbons (Fsp3) is 0.579. The fourth-order valence-electron chi connectivity index (χ4n) is 4.49. The molecule has 1 aromatic carbocycles. The lowest BCUT2D eigenvalue weighted by Gasteiger charge is -2.24. The molecule has 4 rings (SSSR count). The summed E-state index contributed by atoms with van der Waals surface area (Å²) in [6, 6.07) is 4.08. The molecule has 0 unspecified atom stereocenters. The third kappa shape index (κ3) is 2.45. The molecule has 2 aromatic rings. The Kier molecular flexibility index (Phi) is 3.87. The number of hydrogen-bond acceptors (Lipinski definition) is 5. The number of rotatable bonds is 3. The van der Waals surface area contributed by atoms with Gasteiger partial charge in [-0.3, -0.25) is 9.36 Å². The maximum Gasteiger partial charge on any atom is 0.350 e. The quantitative estimate of drug-likeness (QED) is 0.797. The molecule has 0 radical (unpaired) electrons. The lowest BCUT2D eigenvalue weighted by atomic mass is 9.92. The zero-order chi connectivity index (χ0) is 18.7. The van der Waals surface area contributed by atoms with E-state index in [4.69, 9.17) is 11.6 Å². The van der Waals surface area contributed by atoms with E-state index in [2.05, 4.69) is 18.7 Å². The number of nitrogen functional groups attached to an aromatic ring is 1. The lowest BCUT2D eigenvalue weighted by Crippen LogP contribution is -2.44. The summed E-state index contributed by atoms with van der Waals surface area (Å²) in [7, 11) is 0. The number of fused-ring (bicyclic) bond motifs is 1. The Hall–Kier alpha value is -2.28.